The van der Waals surface area contributed by atoms with E-state index in [0.29, 0.717) is 30.1 Å². The van der Waals surface area contributed by atoms with Crippen molar-refractivity contribution in [1.29, 1.82) is 0 Å². The smallest absolute Gasteiger partial charge is 0.256 e. The number of carbonyl (C=O) groups is 2. The number of aromatic nitrogens is 2. The van der Waals surface area contributed by atoms with E-state index in [4.69, 9.17) is 4.74 Å². The molecule has 0 unspecified atom stereocenters. The van der Waals surface area contributed by atoms with E-state index in [1.165, 1.54) is 12.3 Å². The van der Waals surface area contributed by atoms with E-state index >= 15 is 0 Å². The van der Waals surface area contributed by atoms with Crippen LogP contribution in [-0.4, -0.2) is 50.8 Å². The van der Waals surface area contributed by atoms with Crippen LogP contribution in [0, 0.1) is 0 Å². The highest BCUT2D eigenvalue weighted by molar-refractivity contribution is 5.99. The molecule has 30 heavy (non-hydrogen) atoms. The maximum absolute atomic E-state index is 11.9. The second-order valence-electron chi connectivity index (χ2n) is 7.95. The van der Waals surface area contributed by atoms with E-state index in [9.17, 15) is 14.4 Å². The van der Waals surface area contributed by atoms with E-state index < -0.39 is 0 Å². The molecule has 158 valence electrons. The lowest BCUT2D eigenvalue weighted by molar-refractivity contribution is 0.0758. The Morgan fingerprint density at radius 2 is 1.50 bits per heavy atom. The number of nitrogens with one attached hydrogen (secondary N) is 1. The number of methoxy groups -OCH3 is 1. The van der Waals surface area contributed by atoms with Gasteiger partial charge < -0.3 is 19.5 Å². The summed E-state index contributed by atoms with van der Waals surface area (Å²) in [5, 5.41) is 0. The third-order valence-electron chi connectivity index (χ3n) is 5.82. The Kier molecular flexibility index (Phi) is 5.09. The van der Waals surface area contributed by atoms with Crippen molar-refractivity contribution >= 4 is 11.8 Å². The minimum Gasteiger partial charge on any atom is -0.481 e. The predicted octanol–water partition coefficient (Wildman–Crippen LogP) is 2.34. The van der Waals surface area contributed by atoms with Gasteiger partial charge in [-0.05, 0) is 36.8 Å². The third kappa shape index (κ3) is 3.58. The highest BCUT2D eigenvalue weighted by Gasteiger charge is 2.39. The van der Waals surface area contributed by atoms with Gasteiger partial charge in [0.15, 0.2) is 0 Å². The largest absolute Gasteiger partial charge is 0.481 e. The van der Waals surface area contributed by atoms with Gasteiger partial charge in [-0.1, -0.05) is 7.43 Å². The van der Waals surface area contributed by atoms with Crippen molar-refractivity contribution in [3.05, 3.63) is 57.1 Å². The zero-order chi connectivity index (χ0) is 20.1. The number of rotatable bonds is 3. The average molecular weight is 410 g/mol. The summed E-state index contributed by atoms with van der Waals surface area (Å²) >= 11 is 0. The number of pyridine rings is 2. The van der Waals surface area contributed by atoms with Crippen LogP contribution in [0.15, 0.2) is 29.3 Å². The average Bonchev–Trinajstić information content (AvgIpc) is 3.65. The molecule has 4 aliphatic rings. The number of hydrogen-bond acceptors (Lipinski definition) is 5. The van der Waals surface area contributed by atoms with Crippen LogP contribution in [0.4, 0.5) is 0 Å². The standard InChI is InChI=1S/C11H12N2O2.C10H10N2O2.CH4/c1-15-10-4-7-6-13(8-2-3-8)11(14)9(7)5-12-10;13-9-3-6-5-12(7-1-2-7)10(14)8(6)4-11-9;/h4-5,8H,2-3,6H2,1H3;3-4,7H,1-2,5H2,(H,11,13);1H4. The fourth-order valence-electron chi connectivity index (χ4n) is 3.94. The molecule has 6 rings (SSSR count). The van der Waals surface area contributed by atoms with Crippen LogP contribution in [0.3, 0.4) is 0 Å². The van der Waals surface area contributed by atoms with Crippen LogP contribution < -0.4 is 10.3 Å². The Bertz CT molecular complexity index is 1060. The summed E-state index contributed by atoms with van der Waals surface area (Å²) < 4.78 is 5.05. The van der Waals surface area contributed by atoms with E-state index in [0.717, 1.165) is 48.9 Å². The molecule has 2 amide bonds. The van der Waals surface area contributed by atoms with Gasteiger partial charge >= 0.3 is 0 Å². The van der Waals surface area contributed by atoms with Gasteiger partial charge in [0.25, 0.3) is 11.8 Å². The maximum Gasteiger partial charge on any atom is 0.256 e. The van der Waals surface area contributed by atoms with Gasteiger partial charge in [-0.3, -0.25) is 14.4 Å². The summed E-state index contributed by atoms with van der Waals surface area (Å²) in [7, 11) is 1.59. The van der Waals surface area contributed by atoms with Gasteiger partial charge in [-0.25, -0.2) is 4.98 Å². The van der Waals surface area contributed by atoms with E-state index in [1.54, 1.807) is 13.3 Å². The number of carbonyl (C=O) groups excluding carboxylic acids is 2. The van der Waals surface area contributed by atoms with Gasteiger partial charge in [0.05, 0.1) is 18.2 Å². The first kappa shape index (κ1) is 20.1. The van der Waals surface area contributed by atoms with Crippen molar-refractivity contribution in [2.24, 2.45) is 0 Å². The number of aromatic amines is 1. The number of amides is 2. The van der Waals surface area contributed by atoms with Crippen molar-refractivity contribution in [3.63, 3.8) is 0 Å². The molecule has 2 aromatic rings. The molecule has 2 aromatic heterocycles. The van der Waals surface area contributed by atoms with Crippen LogP contribution in [0.1, 0.15) is 65.0 Å². The lowest BCUT2D eigenvalue weighted by Gasteiger charge is -2.13. The Morgan fingerprint density at radius 3 is 2.07 bits per heavy atom. The first-order valence-corrected chi connectivity index (χ1v) is 9.91. The number of fused-ring (bicyclic) bond motifs is 2. The highest BCUT2D eigenvalue weighted by atomic mass is 16.5. The van der Waals surface area contributed by atoms with Crippen molar-refractivity contribution in [2.45, 2.75) is 58.3 Å². The third-order valence-corrected chi connectivity index (χ3v) is 5.82. The quantitative estimate of drug-likeness (QED) is 0.838. The minimum absolute atomic E-state index is 0. The Labute approximate surface area is 174 Å². The topological polar surface area (TPSA) is 95.6 Å². The molecule has 0 saturated heterocycles. The number of hydrogen-bond donors (Lipinski definition) is 1. The molecule has 2 aliphatic heterocycles. The molecule has 2 aliphatic carbocycles. The van der Waals surface area contributed by atoms with E-state index in [-0.39, 0.29) is 24.8 Å². The van der Waals surface area contributed by atoms with Crippen molar-refractivity contribution in [2.75, 3.05) is 7.11 Å². The summed E-state index contributed by atoms with van der Waals surface area (Å²) in [5.41, 5.74) is 3.18. The van der Waals surface area contributed by atoms with Gasteiger partial charge in [-0.15, -0.1) is 0 Å². The highest BCUT2D eigenvalue weighted by Crippen LogP contribution is 2.35. The molecule has 2 saturated carbocycles. The summed E-state index contributed by atoms with van der Waals surface area (Å²) in [6.07, 6.45) is 7.65. The van der Waals surface area contributed by atoms with E-state index in [1.807, 2.05) is 15.9 Å². The summed E-state index contributed by atoms with van der Waals surface area (Å²) in [6.45, 7) is 1.33. The second kappa shape index (κ2) is 7.59. The normalized spacial score (nSPS) is 19.0. The van der Waals surface area contributed by atoms with Crippen molar-refractivity contribution < 1.29 is 14.3 Å². The molecule has 0 radical (unpaired) electrons. The molecule has 0 atom stereocenters. The predicted molar refractivity (Wildman–Crippen MR) is 110 cm³/mol. The monoisotopic (exact) mass is 410 g/mol. The number of nitrogens with zero attached hydrogens (tertiary/aromatic N) is 3. The second-order valence-corrected chi connectivity index (χ2v) is 7.95. The molecule has 8 heteroatoms. The van der Waals surface area contributed by atoms with Gasteiger partial charge in [0, 0.05) is 49.7 Å². The van der Waals surface area contributed by atoms with Crippen LogP contribution in [0.25, 0.3) is 0 Å². The van der Waals surface area contributed by atoms with Gasteiger partial charge in [0.1, 0.15) is 0 Å². The van der Waals surface area contributed by atoms with Crippen molar-refractivity contribution in [3.8, 4) is 5.88 Å². The van der Waals surface area contributed by atoms with Gasteiger partial charge in [-0.2, -0.15) is 0 Å². The van der Waals surface area contributed by atoms with Crippen LogP contribution in [0.5, 0.6) is 5.88 Å². The number of H-pyrrole nitrogens is 1. The zero-order valence-electron chi connectivity index (χ0n) is 16.2. The van der Waals surface area contributed by atoms with Crippen molar-refractivity contribution in [1.82, 2.24) is 19.8 Å². The molecule has 1 N–H and O–H groups in total. The summed E-state index contributed by atoms with van der Waals surface area (Å²) in [5.74, 6) is 0.778. The van der Waals surface area contributed by atoms with E-state index in [2.05, 4.69) is 9.97 Å². The molecule has 2 fully saturated rings. The lowest BCUT2D eigenvalue weighted by atomic mass is 10.2. The van der Waals surface area contributed by atoms with Crippen LogP contribution in [-0.2, 0) is 13.1 Å². The molecule has 4 heterocycles. The number of ether oxygens (including phenoxy) is 1. The first-order chi connectivity index (χ1) is 14.0. The fraction of sp³-hybridized carbons (Fsp3) is 0.455. The molecule has 0 aromatic carbocycles. The summed E-state index contributed by atoms with van der Waals surface area (Å²) in [4.78, 5) is 45.2. The Balaban J connectivity index is 0.000000141. The minimum atomic E-state index is -0.130. The van der Waals surface area contributed by atoms with Gasteiger partial charge in [0.2, 0.25) is 11.4 Å². The van der Waals surface area contributed by atoms with Crippen LogP contribution >= 0.6 is 0 Å². The lowest BCUT2D eigenvalue weighted by Crippen LogP contribution is -2.25. The fourth-order valence-corrected chi connectivity index (χ4v) is 3.94. The Hall–Kier alpha value is -3.16. The summed E-state index contributed by atoms with van der Waals surface area (Å²) in [6, 6.07) is 4.27. The molecule has 0 bridgehead atoms. The van der Waals surface area contributed by atoms with Crippen LogP contribution in [0.2, 0.25) is 0 Å². The Morgan fingerprint density at radius 1 is 0.933 bits per heavy atom. The molecule has 8 nitrogen and oxygen atoms in total. The molecular formula is C22H26N4O4. The first-order valence-electron chi connectivity index (χ1n) is 9.91. The molecular weight excluding hydrogens is 384 g/mol. The maximum atomic E-state index is 11.9. The molecule has 0 spiro atoms. The SMILES string of the molecule is C.COc1cc2c(cn1)C(=O)N(C1CC1)C2.O=C1c2c[nH]c(=O)cc2CN1C1CC1. The zero-order valence-corrected chi connectivity index (χ0v) is 16.2.